The predicted octanol–water partition coefficient (Wildman–Crippen LogP) is 2.74. The van der Waals surface area contributed by atoms with Gasteiger partial charge in [0.1, 0.15) is 21.5 Å². The Labute approximate surface area is 130 Å². The Balaban J connectivity index is 3.12. The van der Waals surface area contributed by atoms with Gasteiger partial charge in [0.25, 0.3) is 5.91 Å². The Bertz CT molecular complexity index is 545. The highest BCUT2D eigenvalue weighted by Crippen LogP contribution is 2.37. The van der Waals surface area contributed by atoms with Gasteiger partial charge in [0.2, 0.25) is 0 Å². The number of rotatable bonds is 8. The number of nitriles is 1. The number of unbranched alkanes of at least 4 members (excludes halogenated alkanes) is 1. The minimum Gasteiger partial charge on any atom is -0.396 e. The molecule has 0 aliphatic rings. The lowest BCUT2D eigenvalue weighted by atomic mass is 10.2. The molecule has 0 saturated heterocycles. The molecule has 0 atom stereocenters. The molecule has 3 N–H and O–H groups in total. The third kappa shape index (κ3) is 3.99. The van der Waals surface area contributed by atoms with Crippen LogP contribution in [-0.2, 0) is 0 Å². The lowest BCUT2D eigenvalue weighted by molar-refractivity contribution is 0.0963. The number of anilines is 2. The van der Waals surface area contributed by atoms with Gasteiger partial charge in [-0.25, -0.2) is 0 Å². The van der Waals surface area contributed by atoms with E-state index in [0.717, 1.165) is 30.9 Å². The van der Waals surface area contributed by atoms with Gasteiger partial charge in [-0.2, -0.15) is 5.26 Å². The first-order chi connectivity index (χ1) is 10.1. The third-order valence-corrected chi connectivity index (χ3v) is 4.37. The van der Waals surface area contributed by atoms with Crippen molar-refractivity contribution in [1.29, 1.82) is 5.26 Å². The van der Waals surface area contributed by atoms with Gasteiger partial charge in [0.15, 0.2) is 0 Å². The summed E-state index contributed by atoms with van der Waals surface area (Å²) >= 11 is 1.28. The van der Waals surface area contributed by atoms with Crippen LogP contribution in [0.25, 0.3) is 0 Å². The van der Waals surface area contributed by atoms with Crippen molar-refractivity contribution in [2.45, 2.75) is 26.7 Å². The van der Waals surface area contributed by atoms with E-state index in [4.69, 9.17) is 5.73 Å². The average molecular weight is 306 g/mol. The summed E-state index contributed by atoms with van der Waals surface area (Å²) in [6.07, 6.45) is 3.72. The number of nitrogens with zero attached hydrogens (tertiary/aromatic N) is 2. The lowest BCUT2D eigenvalue weighted by Crippen LogP contribution is -2.23. The maximum absolute atomic E-state index is 12.1. The third-order valence-electron chi connectivity index (χ3n) is 3.10. The maximum Gasteiger partial charge on any atom is 0.263 e. The Hall–Kier alpha value is -2.00. The van der Waals surface area contributed by atoms with Gasteiger partial charge >= 0.3 is 0 Å². The Morgan fingerprint density at radius 3 is 2.81 bits per heavy atom. The fourth-order valence-electron chi connectivity index (χ4n) is 1.93. The summed E-state index contributed by atoms with van der Waals surface area (Å²) in [5, 5.41) is 12.8. The minimum atomic E-state index is -0.258. The van der Waals surface area contributed by atoms with Crippen molar-refractivity contribution < 1.29 is 4.79 Å². The van der Waals surface area contributed by atoms with E-state index in [1.807, 2.05) is 6.92 Å². The molecule has 1 heterocycles. The second-order valence-electron chi connectivity index (χ2n) is 4.57. The first kappa shape index (κ1) is 17.1. The second-order valence-corrected chi connectivity index (χ2v) is 5.57. The Morgan fingerprint density at radius 2 is 2.29 bits per heavy atom. The fourth-order valence-corrected chi connectivity index (χ4v) is 3.11. The van der Waals surface area contributed by atoms with Crippen LogP contribution in [0.1, 0.15) is 41.9 Å². The molecule has 0 saturated carbocycles. The molecule has 0 aliphatic heterocycles. The van der Waals surface area contributed by atoms with Crippen molar-refractivity contribution in [2.75, 3.05) is 30.3 Å². The molecule has 0 spiro atoms. The molecular formula is C15H22N4OS. The standard InChI is InChI=1S/C15H22N4OS/c1-4-7-9-19(6-3)15-11(10-16)12(17)13(21-15)14(20)18-8-5-2/h5H,2,4,6-9,17H2,1,3H3,(H,18,20). The number of hydrogen-bond donors (Lipinski definition) is 2. The van der Waals surface area contributed by atoms with Gasteiger partial charge in [-0.3, -0.25) is 4.79 Å². The van der Waals surface area contributed by atoms with Crippen LogP contribution < -0.4 is 16.0 Å². The van der Waals surface area contributed by atoms with Gasteiger partial charge in [-0.1, -0.05) is 19.4 Å². The topological polar surface area (TPSA) is 82.2 Å². The van der Waals surface area contributed by atoms with Gasteiger partial charge in [-0.15, -0.1) is 17.9 Å². The summed E-state index contributed by atoms with van der Waals surface area (Å²) in [5.74, 6) is -0.258. The summed E-state index contributed by atoms with van der Waals surface area (Å²) in [6, 6.07) is 2.13. The molecule has 114 valence electrons. The number of carbonyl (C=O) groups is 1. The number of nitrogens with two attached hydrogens (primary N) is 1. The lowest BCUT2D eigenvalue weighted by Gasteiger charge is -2.21. The van der Waals surface area contributed by atoms with E-state index in [1.54, 1.807) is 6.08 Å². The molecule has 1 aromatic rings. The first-order valence-corrected chi connectivity index (χ1v) is 7.88. The molecule has 0 aliphatic carbocycles. The quantitative estimate of drug-likeness (QED) is 0.723. The smallest absolute Gasteiger partial charge is 0.263 e. The fraction of sp³-hybridized carbons (Fsp3) is 0.467. The van der Waals surface area contributed by atoms with E-state index in [0.29, 0.717) is 17.0 Å². The molecule has 0 bridgehead atoms. The molecule has 0 aromatic carbocycles. The predicted molar refractivity (Wildman–Crippen MR) is 88.8 cm³/mol. The van der Waals surface area contributed by atoms with Gasteiger partial charge in [0, 0.05) is 19.6 Å². The van der Waals surface area contributed by atoms with Gasteiger partial charge < -0.3 is 16.0 Å². The number of nitrogen functional groups attached to an aromatic ring is 1. The highest BCUT2D eigenvalue weighted by molar-refractivity contribution is 7.19. The Morgan fingerprint density at radius 1 is 1.57 bits per heavy atom. The molecule has 21 heavy (non-hydrogen) atoms. The number of hydrogen-bond acceptors (Lipinski definition) is 5. The molecule has 1 amide bonds. The SMILES string of the molecule is C=CCNC(=O)c1sc(N(CC)CCCC)c(C#N)c1N. The molecule has 5 nitrogen and oxygen atoms in total. The van der Waals surface area contributed by atoms with Crippen LogP contribution in [0, 0.1) is 11.3 Å². The van der Waals surface area contributed by atoms with Gasteiger partial charge in [0.05, 0.1) is 5.69 Å². The zero-order valence-corrected chi connectivity index (χ0v) is 13.4. The van der Waals surface area contributed by atoms with Crippen molar-refractivity contribution in [2.24, 2.45) is 0 Å². The molecule has 0 unspecified atom stereocenters. The maximum atomic E-state index is 12.1. The summed E-state index contributed by atoms with van der Waals surface area (Å²) in [6.45, 7) is 9.73. The van der Waals surface area contributed by atoms with E-state index in [-0.39, 0.29) is 11.6 Å². The van der Waals surface area contributed by atoms with E-state index >= 15 is 0 Å². The molecule has 0 fully saturated rings. The zero-order valence-electron chi connectivity index (χ0n) is 12.6. The molecule has 1 aromatic heterocycles. The van der Waals surface area contributed by atoms with Crippen LogP contribution in [0.15, 0.2) is 12.7 Å². The van der Waals surface area contributed by atoms with Crippen molar-refractivity contribution in [1.82, 2.24) is 5.32 Å². The highest BCUT2D eigenvalue weighted by Gasteiger charge is 2.23. The number of nitrogens with one attached hydrogen (secondary N) is 1. The first-order valence-electron chi connectivity index (χ1n) is 7.06. The second kappa shape index (κ2) is 8.32. The van der Waals surface area contributed by atoms with Gasteiger partial charge in [-0.05, 0) is 13.3 Å². The van der Waals surface area contributed by atoms with Crippen molar-refractivity contribution >= 4 is 27.9 Å². The average Bonchev–Trinajstić information content (AvgIpc) is 2.82. The largest absolute Gasteiger partial charge is 0.396 e. The summed E-state index contributed by atoms with van der Waals surface area (Å²) in [4.78, 5) is 14.6. The van der Waals surface area contributed by atoms with Crippen molar-refractivity contribution in [3.8, 4) is 6.07 Å². The monoisotopic (exact) mass is 306 g/mol. The molecule has 0 radical (unpaired) electrons. The van der Waals surface area contributed by atoms with Crippen LogP contribution in [-0.4, -0.2) is 25.5 Å². The van der Waals surface area contributed by atoms with E-state index in [2.05, 4.69) is 29.8 Å². The number of thiophene rings is 1. The van der Waals surface area contributed by atoms with E-state index < -0.39 is 0 Å². The summed E-state index contributed by atoms with van der Waals surface area (Å²) in [5.41, 5.74) is 6.66. The number of amides is 1. The Kier molecular flexibility index (Phi) is 6.76. The molecular weight excluding hydrogens is 284 g/mol. The summed E-state index contributed by atoms with van der Waals surface area (Å²) < 4.78 is 0. The van der Waals surface area contributed by atoms with Crippen LogP contribution >= 0.6 is 11.3 Å². The van der Waals surface area contributed by atoms with Crippen LogP contribution in [0.3, 0.4) is 0 Å². The highest BCUT2D eigenvalue weighted by atomic mass is 32.1. The number of carbonyl (C=O) groups excluding carboxylic acids is 1. The molecule has 6 heteroatoms. The van der Waals surface area contributed by atoms with Crippen LogP contribution in [0.5, 0.6) is 0 Å². The zero-order chi connectivity index (χ0) is 15.8. The molecule has 1 rings (SSSR count). The normalized spacial score (nSPS) is 9.95. The van der Waals surface area contributed by atoms with Crippen LogP contribution in [0.4, 0.5) is 10.7 Å². The summed E-state index contributed by atoms with van der Waals surface area (Å²) in [7, 11) is 0. The van der Waals surface area contributed by atoms with Crippen molar-refractivity contribution in [3.05, 3.63) is 23.1 Å². The van der Waals surface area contributed by atoms with Crippen molar-refractivity contribution in [3.63, 3.8) is 0 Å². The minimum absolute atomic E-state index is 0.258. The van der Waals surface area contributed by atoms with E-state index in [9.17, 15) is 10.1 Å². The van der Waals surface area contributed by atoms with E-state index in [1.165, 1.54) is 11.3 Å². The van der Waals surface area contributed by atoms with Crippen LogP contribution in [0.2, 0.25) is 0 Å².